The van der Waals surface area contributed by atoms with E-state index in [9.17, 15) is 5.26 Å². The van der Waals surface area contributed by atoms with E-state index in [0.717, 1.165) is 43.5 Å². The van der Waals surface area contributed by atoms with Crippen LogP contribution in [0, 0.1) is 11.3 Å². The second kappa shape index (κ2) is 9.38. The Morgan fingerprint density at radius 3 is 2.52 bits per heavy atom. The van der Waals surface area contributed by atoms with E-state index in [1.54, 1.807) is 0 Å². The zero-order chi connectivity index (χ0) is 15.6. The lowest BCUT2D eigenvalue weighted by atomic mass is 9.92. The van der Waals surface area contributed by atoms with Crippen LogP contribution in [0.2, 0.25) is 0 Å². The Morgan fingerprint density at radius 2 is 2.00 bits per heavy atom. The quantitative estimate of drug-likeness (QED) is 0.650. The standard InChI is InChI=1S/C17H26N2O2/c1-3-11-19-17(4-2,14-18)10-5-12-21-16-8-6-15(13-20)7-9-16/h6-9,19-20H,3-5,10-13H2,1-2H3. The number of aliphatic hydroxyl groups is 1. The first-order chi connectivity index (χ1) is 10.2. The van der Waals surface area contributed by atoms with Gasteiger partial charge in [-0.3, -0.25) is 5.32 Å². The van der Waals surface area contributed by atoms with E-state index < -0.39 is 5.54 Å². The molecule has 0 aliphatic carbocycles. The minimum absolute atomic E-state index is 0.0462. The molecule has 0 radical (unpaired) electrons. The first-order valence-corrected chi connectivity index (χ1v) is 7.68. The predicted octanol–water partition coefficient (Wildman–Crippen LogP) is 3.01. The molecule has 1 unspecified atom stereocenters. The molecule has 0 fully saturated rings. The van der Waals surface area contributed by atoms with Crippen LogP contribution in [-0.2, 0) is 6.61 Å². The average Bonchev–Trinajstić information content (AvgIpc) is 2.55. The Hall–Kier alpha value is -1.57. The fourth-order valence-corrected chi connectivity index (χ4v) is 2.18. The Balaban J connectivity index is 2.38. The van der Waals surface area contributed by atoms with Gasteiger partial charge in [-0.2, -0.15) is 5.26 Å². The van der Waals surface area contributed by atoms with Crippen LogP contribution in [0.1, 0.15) is 45.1 Å². The molecule has 4 nitrogen and oxygen atoms in total. The third kappa shape index (κ3) is 5.74. The molecule has 0 aliphatic rings. The van der Waals surface area contributed by atoms with Crippen LogP contribution in [0.3, 0.4) is 0 Å². The highest BCUT2D eigenvalue weighted by atomic mass is 16.5. The molecule has 0 bridgehead atoms. The summed E-state index contributed by atoms with van der Waals surface area (Å²) in [7, 11) is 0. The molecule has 0 spiro atoms. The van der Waals surface area contributed by atoms with E-state index in [0.29, 0.717) is 6.61 Å². The van der Waals surface area contributed by atoms with Gasteiger partial charge in [0.2, 0.25) is 0 Å². The van der Waals surface area contributed by atoms with Gasteiger partial charge in [-0.25, -0.2) is 0 Å². The van der Waals surface area contributed by atoms with Crippen molar-refractivity contribution < 1.29 is 9.84 Å². The molecule has 1 atom stereocenters. The van der Waals surface area contributed by atoms with Crippen molar-refractivity contribution in [3.05, 3.63) is 29.8 Å². The van der Waals surface area contributed by atoms with Crippen LogP contribution in [0.4, 0.5) is 0 Å². The normalized spacial score (nSPS) is 13.4. The molecule has 0 saturated heterocycles. The maximum atomic E-state index is 9.40. The smallest absolute Gasteiger partial charge is 0.119 e. The molecule has 0 saturated carbocycles. The molecule has 2 N–H and O–H groups in total. The van der Waals surface area contributed by atoms with Crippen LogP contribution in [-0.4, -0.2) is 23.8 Å². The fraction of sp³-hybridized carbons (Fsp3) is 0.588. The monoisotopic (exact) mass is 290 g/mol. The summed E-state index contributed by atoms with van der Waals surface area (Å²) < 4.78 is 5.68. The van der Waals surface area contributed by atoms with E-state index in [1.807, 2.05) is 31.2 Å². The summed E-state index contributed by atoms with van der Waals surface area (Å²) in [6.07, 6.45) is 3.44. The van der Waals surface area contributed by atoms with Gasteiger partial charge in [-0.05, 0) is 49.9 Å². The maximum absolute atomic E-state index is 9.40. The number of nitrogens with one attached hydrogen (secondary N) is 1. The van der Waals surface area contributed by atoms with Crippen molar-refractivity contribution in [3.63, 3.8) is 0 Å². The highest BCUT2D eigenvalue weighted by Gasteiger charge is 2.26. The Morgan fingerprint density at radius 1 is 1.29 bits per heavy atom. The number of hydrogen-bond donors (Lipinski definition) is 2. The number of benzene rings is 1. The summed E-state index contributed by atoms with van der Waals surface area (Å²) in [6, 6.07) is 9.84. The van der Waals surface area contributed by atoms with Crippen molar-refractivity contribution in [2.45, 2.75) is 51.7 Å². The third-order valence-corrected chi connectivity index (χ3v) is 3.65. The van der Waals surface area contributed by atoms with Gasteiger partial charge >= 0.3 is 0 Å². The van der Waals surface area contributed by atoms with Gasteiger partial charge in [-0.15, -0.1) is 0 Å². The second-order valence-corrected chi connectivity index (χ2v) is 5.23. The molecular formula is C17H26N2O2. The first-order valence-electron chi connectivity index (χ1n) is 7.68. The molecule has 1 aromatic carbocycles. The number of aliphatic hydroxyl groups excluding tert-OH is 1. The van der Waals surface area contributed by atoms with Crippen molar-refractivity contribution >= 4 is 0 Å². The van der Waals surface area contributed by atoms with Crippen molar-refractivity contribution in [1.29, 1.82) is 5.26 Å². The molecule has 0 amide bonds. The molecule has 0 aromatic heterocycles. The van der Waals surface area contributed by atoms with Crippen LogP contribution in [0.15, 0.2) is 24.3 Å². The average molecular weight is 290 g/mol. The van der Waals surface area contributed by atoms with Crippen LogP contribution in [0.25, 0.3) is 0 Å². The van der Waals surface area contributed by atoms with Crippen LogP contribution >= 0.6 is 0 Å². The summed E-state index contributed by atoms with van der Waals surface area (Å²) in [5, 5.41) is 21.7. The van der Waals surface area contributed by atoms with Gasteiger partial charge in [0.15, 0.2) is 0 Å². The van der Waals surface area contributed by atoms with Crippen molar-refractivity contribution in [1.82, 2.24) is 5.32 Å². The number of hydrogen-bond acceptors (Lipinski definition) is 4. The van der Waals surface area contributed by atoms with Gasteiger partial charge in [0, 0.05) is 0 Å². The maximum Gasteiger partial charge on any atom is 0.119 e. The molecule has 4 heteroatoms. The van der Waals surface area contributed by atoms with Gasteiger partial charge in [0.1, 0.15) is 11.3 Å². The zero-order valence-corrected chi connectivity index (χ0v) is 13.1. The lowest BCUT2D eigenvalue weighted by Gasteiger charge is -2.26. The number of ether oxygens (including phenoxy) is 1. The molecule has 0 heterocycles. The molecule has 1 rings (SSSR count). The zero-order valence-electron chi connectivity index (χ0n) is 13.1. The predicted molar refractivity (Wildman–Crippen MR) is 84.0 cm³/mol. The summed E-state index contributed by atoms with van der Waals surface area (Å²) in [5.41, 5.74) is 0.445. The highest BCUT2D eigenvalue weighted by Crippen LogP contribution is 2.18. The third-order valence-electron chi connectivity index (χ3n) is 3.65. The van der Waals surface area contributed by atoms with Gasteiger partial charge in [0.05, 0.1) is 19.3 Å². The Bertz CT molecular complexity index is 439. The van der Waals surface area contributed by atoms with Crippen molar-refractivity contribution in [2.75, 3.05) is 13.2 Å². The lowest BCUT2D eigenvalue weighted by molar-refractivity contribution is 0.274. The number of nitriles is 1. The van der Waals surface area contributed by atoms with Crippen LogP contribution < -0.4 is 10.1 Å². The molecular weight excluding hydrogens is 264 g/mol. The van der Waals surface area contributed by atoms with E-state index in [1.165, 1.54) is 0 Å². The molecule has 116 valence electrons. The molecule has 0 aliphatic heterocycles. The van der Waals surface area contributed by atoms with Gasteiger partial charge in [-0.1, -0.05) is 26.0 Å². The van der Waals surface area contributed by atoms with Crippen molar-refractivity contribution in [3.8, 4) is 11.8 Å². The topological polar surface area (TPSA) is 65.3 Å². The highest BCUT2D eigenvalue weighted by molar-refractivity contribution is 5.26. The minimum atomic E-state index is -0.430. The summed E-state index contributed by atoms with van der Waals surface area (Å²) in [6.45, 7) is 5.65. The minimum Gasteiger partial charge on any atom is -0.494 e. The number of nitrogens with zero attached hydrogens (tertiary/aromatic N) is 1. The van der Waals surface area contributed by atoms with E-state index in [2.05, 4.69) is 18.3 Å². The first kappa shape index (κ1) is 17.5. The molecule has 21 heavy (non-hydrogen) atoms. The fourth-order valence-electron chi connectivity index (χ4n) is 2.18. The largest absolute Gasteiger partial charge is 0.494 e. The number of rotatable bonds is 10. The SMILES string of the molecule is CCCNC(C#N)(CC)CCCOc1ccc(CO)cc1. The van der Waals surface area contributed by atoms with E-state index >= 15 is 0 Å². The second-order valence-electron chi connectivity index (χ2n) is 5.23. The van der Waals surface area contributed by atoms with Crippen LogP contribution in [0.5, 0.6) is 5.75 Å². The van der Waals surface area contributed by atoms with E-state index in [4.69, 9.17) is 9.84 Å². The van der Waals surface area contributed by atoms with Gasteiger partial charge < -0.3 is 9.84 Å². The Kier molecular flexibility index (Phi) is 7.81. The molecule has 1 aromatic rings. The Labute approximate surface area is 127 Å². The van der Waals surface area contributed by atoms with Crippen molar-refractivity contribution in [2.24, 2.45) is 0 Å². The summed E-state index contributed by atoms with van der Waals surface area (Å²) >= 11 is 0. The van der Waals surface area contributed by atoms with E-state index in [-0.39, 0.29) is 6.61 Å². The lowest BCUT2D eigenvalue weighted by Crippen LogP contribution is -2.44. The summed E-state index contributed by atoms with van der Waals surface area (Å²) in [5.74, 6) is 0.799. The summed E-state index contributed by atoms with van der Waals surface area (Å²) in [4.78, 5) is 0. The van der Waals surface area contributed by atoms with Gasteiger partial charge in [0.25, 0.3) is 0 Å².